The third-order valence-electron chi connectivity index (χ3n) is 6.42. The molecule has 0 saturated carbocycles. The maximum Gasteiger partial charge on any atom is 0.245 e. The number of carbonyl (C=O) groups excluding carboxylic acids is 2. The Balaban J connectivity index is 1.51. The van der Waals surface area contributed by atoms with E-state index in [4.69, 9.17) is 14.2 Å². The van der Waals surface area contributed by atoms with Gasteiger partial charge in [-0.1, -0.05) is 97.1 Å². The zero-order valence-corrected chi connectivity index (χ0v) is 23.2. The fourth-order valence-corrected chi connectivity index (χ4v) is 4.29. The minimum atomic E-state index is -0.934. The van der Waals surface area contributed by atoms with E-state index >= 15 is 0 Å². The van der Waals surface area contributed by atoms with Crippen LogP contribution in [0.2, 0.25) is 0 Å². The van der Waals surface area contributed by atoms with Crippen LogP contribution in [0.15, 0.2) is 115 Å². The first-order chi connectivity index (χ1) is 20.1. The number of nitrogens with one attached hydrogen (secondary N) is 2. The molecule has 0 fully saturated rings. The first-order valence-electron chi connectivity index (χ1n) is 13.3. The van der Waals surface area contributed by atoms with Gasteiger partial charge < -0.3 is 24.8 Å². The summed E-state index contributed by atoms with van der Waals surface area (Å²) < 4.78 is 16.5. The number of benzene rings is 4. The second kappa shape index (κ2) is 15.1. The Bertz CT molecular complexity index is 1390. The van der Waals surface area contributed by atoms with Gasteiger partial charge in [0.25, 0.3) is 0 Å². The summed E-state index contributed by atoms with van der Waals surface area (Å²) >= 11 is 0. The molecule has 0 radical (unpaired) electrons. The number of ether oxygens (including phenoxy) is 3. The number of amides is 2. The lowest BCUT2D eigenvalue weighted by atomic mass is 9.98. The van der Waals surface area contributed by atoms with E-state index in [1.165, 1.54) is 6.08 Å². The summed E-state index contributed by atoms with van der Waals surface area (Å²) in [6, 6.07) is 33.1. The van der Waals surface area contributed by atoms with Crippen molar-refractivity contribution in [3.63, 3.8) is 0 Å². The Morgan fingerprint density at radius 1 is 0.732 bits per heavy atom. The van der Waals surface area contributed by atoms with Crippen LogP contribution in [-0.2, 0) is 20.9 Å². The van der Waals surface area contributed by atoms with Gasteiger partial charge in [0.2, 0.25) is 11.8 Å². The zero-order valence-electron chi connectivity index (χ0n) is 23.2. The van der Waals surface area contributed by atoms with Crippen LogP contribution in [0, 0.1) is 0 Å². The molecule has 7 nitrogen and oxygen atoms in total. The van der Waals surface area contributed by atoms with Gasteiger partial charge in [-0.25, -0.2) is 0 Å². The molecule has 0 spiro atoms. The highest BCUT2D eigenvalue weighted by molar-refractivity contribution is 5.95. The van der Waals surface area contributed by atoms with Gasteiger partial charge in [0.1, 0.15) is 6.04 Å². The van der Waals surface area contributed by atoms with Crippen molar-refractivity contribution in [2.24, 2.45) is 0 Å². The SMILES string of the molecule is COc1ccc(/C=C/C(=O)N[C@@H](COCc2ccccc2)C(=O)NC(c2ccccc2)c2ccccc2)cc1OC. The van der Waals surface area contributed by atoms with Gasteiger partial charge in [0.05, 0.1) is 33.5 Å². The highest BCUT2D eigenvalue weighted by Crippen LogP contribution is 2.28. The smallest absolute Gasteiger partial charge is 0.245 e. The largest absolute Gasteiger partial charge is 0.493 e. The number of hydrogen-bond acceptors (Lipinski definition) is 5. The minimum Gasteiger partial charge on any atom is -0.493 e. The molecule has 2 amide bonds. The topological polar surface area (TPSA) is 85.9 Å². The molecule has 0 aliphatic carbocycles. The number of hydrogen-bond donors (Lipinski definition) is 2. The van der Waals surface area contributed by atoms with E-state index in [1.54, 1.807) is 32.4 Å². The van der Waals surface area contributed by atoms with Crippen molar-refractivity contribution >= 4 is 17.9 Å². The van der Waals surface area contributed by atoms with Crippen LogP contribution in [-0.4, -0.2) is 38.7 Å². The summed E-state index contributed by atoms with van der Waals surface area (Å²) in [6.45, 7) is 0.301. The highest BCUT2D eigenvalue weighted by Gasteiger charge is 2.25. The van der Waals surface area contributed by atoms with E-state index in [0.717, 1.165) is 22.3 Å². The molecular weight excluding hydrogens is 516 g/mol. The summed E-state index contributed by atoms with van der Waals surface area (Å²) in [5.41, 5.74) is 3.57. The monoisotopic (exact) mass is 550 g/mol. The zero-order chi connectivity index (χ0) is 28.9. The van der Waals surface area contributed by atoms with Gasteiger partial charge in [-0.05, 0) is 40.5 Å². The van der Waals surface area contributed by atoms with Crippen LogP contribution in [0.5, 0.6) is 11.5 Å². The van der Waals surface area contributed by atoms with Crippen molar-refractivity contribution in [1.29, 1.82) is 0 Å². The summed E-state index contributed by atoms with van der Waals surface area (Å²) in [4.78, 5) is 26.6. The van der Waals surface area contributed by atoms with Gasteiger partial charge in [0.15, 0.2) is 11.5 Å². The van der Waals surface area contributed by atoms with Gasteiger partial charge in [-0.3, -0.25) is 9.59 Å². The normalized spacial score (nSPS) is 11.7. The van der Waals surface area contributed by atoms with Crippen molar-refractivity contribution in [1.82, 2.24) is 10.6 Å². The molecule has 41 heavy (non-hydrogen) atoms. The van der Waals surface area contributed by atoms with Crippen LogP contribution in [0.25, 0.3) is 6.08 Å². The van der Waals surface area contributed by atoms with E-state index in [0.29, 0.717) is 18.1 Å². The van der Waals surface area contributed by atoms with E-state index in [2.05, 4.69) is 10.6 Å². The Morgan fingerprint density at radius 3 is 1.90 bits per heavy atom. The molecule has 0 aromatic heterocycles. The van der Waals surface area contributed by atoms with Crippen LogP contribution in [0.4, 0.5) is 0 Å². The highest BCUT2D eigenvalue weighted by atomic mass is 16.5. The number of methoxy groups -OCH3 is 2. The number of carbonyl (C=O) groups is 2. The number of rotatable bonds is 13. The fraction of sp³-hybridized carbons (Fsp3) is 0.176. The second-order valence-electron chi connectivity index (χ2n) is 9.27. The molecule has 1 atom stereocenters. The summed E-state index contributed by atoms with van der Waals surface area (Å²) in [5, 5.41) is 5.93. The van der Waals surface area contributed by atoms with E-state index in [9.17, 15) is 9.59 Å². The van der Waals surface area contributed by atoms with Crippen LogP contribution in [0.1, 0.15) is 28.3 Å². The Kier molecular flexibility index (Phi) is 10.7. The molecule has 4 aromatic carbocycles. The quantitative estimate of drug-likeness (QED) is 0.220. The van der Waals surface area contributed by atoms with Crippen molar-refractivity contribution < 1.29 is 23.8 Å². The fourth-order valence-electron chi connectivity index (χ4n) is 4.29. The van der Waals surface area contributed by atoms with Crippen molar-refractivity contribution in [3.05, 3.63) is 138 Å². The molecule has 0 aliphatic heterocycles. The van der Waals surface area contributed by atoms with Crippen molar-refractivity contribution in [2.45, 2.75) is 18.7 Å². The summed E-state index contributed by atoms with van der Waals surface area (Å²) in [7, 11) is 3.11. The third kappa shape index (κ3) is 8.55. The first-order valence-corrected chi connectivity index (χ1v) is 13.3. The molecule has 4 rings (SSSR count). The van der Waals surface area contributed by atoms with Gasteiger partial charge in [-0.2, -0.15) is 0 Å². The molecule has 0 bridgehead atoms. The Labute approximate surface area is 240 Å². The lowest BCUT2D eigenvalue weighted by Gasteiger charge is -2.24. The molecule has 4 aromatic rings. The third-order valence-corrected chi connectivity index (χ3v) is 6.42. The second-order valence-corrected chi connectivity index (χ2v) is 9.27. The molecule has 0 aliphatic rings. The predicted octanol–water partition coefficient (Wildman–Crippen LogP) is 5.32. The van der Waals surface area contributed by atoms with Gasteiger partial charge in [0, 0.05) is 6.08 Å². The Hall–Kier alpha value is -4.88. The molecule has 2 N–H and O–H groups in total. The molecule has 0 saturated heterocycles. The first kappa shape index (κ1) is 29.1. The van der Waals surface area contributed by atoms with Crippen LogP contribution < -0.4 is 20.1 Å². The molecule has 210 valence electrons. The average Bonchev–Trinajstić information content (AvgIpc) is 3.03. The van der Waals surface area contributed by atoms with E-state index < -0.39 is 18.0 Å². The molecular formula is C34H34N2O5. The van der Waals surface area contributed by atoms with Crippen LogP contribution in [0.3, 0.4) is 0 Å². The van der Waals surface area contributed by atoms with E-state index in [1.807, 2.05) is 97.1 Å². The van der Waals surface area contributed by atoms with Crippen molar-refractivity contribution in [2.75, 3.05) is 20.8 Å². The lowest BCUT2D eigenvalue weighted by Crippen LogP contribution is -2.50. The summed E-state index contributed by atoms with van der Waals surface area (Å²) in [6.07, 6.45) is 3.03. The predicted molar refractivity (Wildman–Crippen MR) is 159 cm³/mol. The van der Waals surface area contributed by atoms with Gasteiger partial charge >= 0.3 is 0 Å². The average molecular weight is 551 g/mol. The molecule has 7 heteroatoms. The van der Waals surface area contributed by atoms with Crippen LogP contribution >= 0.6 is 0 Å². The summed E-state index contributed by atoms with van der Waals surface area (Å²) in [5.74, 6) is 0.352. The molecule has 0 unspecified atom stereocenters. The molecule has 0 heterocycles. The standard InChI is InChI=1S/C34H34N2O5/c1-39-30-20-18-25(22-31(30)40-2)19-21-32(37)35-29(24-41-23-26-12-6-3-7-13-26)34(38)36-33(27-14-8-4-9-15-27)28-16-10-5-11-17-28/h3-22,29,33H,23-24H2,1-2H3,(H,35,37)(H,36,38)/b21-19+/t29-/m0/s1. The van der Waals surface area contributed by atoms with Crippen molar-refractivity contribution in [3.8, 4) is 11.5 Å². The Morgan fingerprint density at radius 2 is 1.32 bits per heavy atom. The maximum absolute atomic E-state index is 13.6. The lowest BCUT2D eigenvalue weighted by molar-refractivity contribution is -0.129. The minimum absolute atomic E-state index is 0.00698. The maximum atomic E-state index is 13.6. The van der Waals surface area contributed by atoms with E-state index in [-0.39, 0.29) is 12.5 Å². The van der Waals surface area contributed by atoms with Gasteiger partial charge in [-0.15, -0.1) is 0 Å².